The zero-order valence-electron chi connectivity index (χ0n) is 10.3. The highest BCUT2D eigenvalue weighted by Gasteiger charge is 2.25. The Morgan fingerprint density at radius 2 is 2.24 bits per heavy atom. The maximum Gasteiger partial charge on any atom is 0.229 e. The lowest BCUT2D eigenvalue weighted by Gasteiger charge is -2.30. The highest BCUT2D eigenvalue weighted by atomic mass is 32.2. The summed E-state index contributed by atoms with van der Waals surface area (Å²) in [4.78, 5) is 11.0. The van der Waals surface area contributed by atoms with Crippen LogP contribution in [0.3, 0.4) is 0 Å². The van der Waals surface area contributed by atoms with Gasteiger partial charge < -0.3 is 5.32 Å². The Kier molecular flexibility index (Phi) is 5.75. The first kappa shape index (κ1) is 14.8. The zero-order chi connectivity index (χ0) is 12.9. The average molecular weight is 280 g/mol. The van der Waals surface area contributed by atoms with E-state index < -0.39 is 10.0 Å². The SMILES string of the molecule is CNC(=O)CSC[C@@H]1CCCN(S(C)(=O)=O)C1. The van der Waals surface area contributed by atoms with Crippen LogP contribution in [0.4, 0.5) is 0 Å². The minimum Gasteiger partial charge on any atom is -0.358 e. The number of hydrogen-bond acceptors (Lipinski definition) is 4. The van der Waals surface area contributed by atoms with E-state index in [0.717, 1.165) is 18.6 Å². The second-order valence-electron chi connectivity index (χ2n) is 4.32. The first-order valence-electron chi connectivity index (χ1n) is 5.67. The van der Waals surface area contributed by atoms with Crippen LogP contribution in [0.1, 0.15) is 12.8 Å². The number of carbonyl (C=O) groups excluding carboxylic acids is 1. The van der Waals surface area contributed by atoms with Crippen LogP contribution < -0.4 is 5.32 Å². The van der Waals surface area contributed by atoms with Crippen LogP contribution in [0.5, 0.6) is 0 Å². The van der Waals surface area contributed by atoms with Gasteiger partial charge in [-0.1, -0.05) is 0 Å². The van der Waals surface area contributed by atoms with Gasteiger partial charge in [-0.25, -0.2) is 12.7 Å². The van der Waals surface area contributed by atoms with Gasteiger partial charge in [-0.2, -0.15) is 11.8 Å². The van der Waals surface area contributed by atoms with Gasteiger partial charge in [0.2, 0.25) is 15.9 Å². The maximum atomic E-state index is 11.4. The van der Waals surface area contributed by atoms with Crippen molar-refractivity contribution in [2.75, 3.05) is 37.9 Å². The molecule has 1 aliphatic heterocycles. The molecular weight excluding hydrogens is 260 g/mol. The van der Waals surface area contributed by atoms with Gasteiger partial charge >= 0.3 is 0 Å². The number of nitrogens with zero attached hydrogens (tertiary/aromatic N) is 1. The summed E-state index contributed by atoms with van der Waals surface area (Å²) in [6, 6.07) is 0. The summed E-state index contributed by atoms with van der Waals surface area (Å²) in [7, 11) is -1.44. The third kappa shape index (κ3) is 5.27. The van der Waals surface area contributed by atoms with Crippen molar-refractivity contribution in [3.05, 3.63) is 0 Å². The molecule has 1 amide bonds. The average Bonchev–Trinajstić information content (AvgIpc) is 2.28. The van der Waals surface area contributed by atoms with Gasteiger partial charge in [0, 0.05) is 20.1 Å². The number of thioether (sulfide) groups is 1. The smallest absolute Gasteiger partial charge is 0.229 e. The van der Waals surface area contributed by atoms with Crippen molar-refractivity contribution in [2.24, 2.45) is 5.92 Å². The van der Waals surface area contributed by atoms with E-state index >= 15 is 0 Å². The summed E-state index contributed by atoms with van der Waals surface area (Å²) in [5.74, 6) is 1.68. The van der Waals surface area contributed by atoms with Gasteiger partial charge in [-0.15, -0.1) is 0 Å². The molecule has 7 heteroatoms. The molecule has 100 valence electrons. The summed E-state index contributed by atoms with van der Waals surface area (Å²) in [5.41, 5.74) is 0. The standard InChI is InChI=1S/C10H20N2O3S2/c1-11-10(13)8-16-7-9-4-3-5-12(6-9)17(2,14)15/h9H,3-8H2,1-2H3,(H,11,13)/t9-/m1/s1. The van der Waals surface area contributed by atoms with E-state index in [-0.39, 0.29) is 5.91 Å². The number of nitrogens with one attached hydrogen (secondary N) is 1. The summed E-state index contributed by atoms with van der Waals surface area (Å²) in [6.45, 7) is 1.23. The molecule has 0 spiro atoms. The van der Waals surface area contributed by atoms with Crippen LogP contribution in [0.2, 0.25) is 0 Å². The van der Waals surface area contributed by atoms with Gasteiger partial charge in [-0.05, 0) is 24.5 Å². The Labute approximate surface area is 107 Å². The maximum absolute atomic E-state index is 11.4. The second-order valence-corrected chi connectivity index (χ2v) is 7.33. The van der Waals surface area contributed by atoms with E-state index in [0.29, 0.717) is 24.8 Å². The first-order chi connectivity index (χ1) is 7.93. The highest BCUT2D eigenvalue weighted by molar-refractivity contribution is 7.99. The monoisotopic (exact) mass is 280 g/mol. The molecule has 17 heavy (non-hydrogen) atoms. The Balaban J connectivity index is 2.33. The van der Waals surface area contributed by atoms with Gasteiger partial charge in [0.1, 0.15) is 0 Å². The fraction of sp³-hybridized carbons (Fsp3) is 0.900. The van der Waals surface area contributed by atoms with Gasteiger partial charge in [-0.3, -0.25) is 4.79 Å². The van der Waals surface area contributed by atoms with E-state index in [2.05, 4.69) is 5.32 Å². The topological polar surface area (TPSA) is 66.5 Å². The number of amides is 1. The largest absolute Gasteiger partial charge is 0.358 e. The minimum absolute atomic E-state index is 0.0192. The lowest BCUT2D eigenvalue weighted by Crippen LogP contribution is -2.40. The van der Waals surface area contributed by atoms with Crippen molar-refractivity contribution in [3.8, 4) is 0 Å². The molecule has 0 unspecified atom stereocenters. The summed E-state index contributed by atoms with van der Waals surface area (Å²) in [6.07, 6.45) is 3.22. The molecule has 0 aromatic carbocycles. The number of piperidine rings is 1. The van der Waals surface area contributed by atoms with Gasteiger partial charge in [0.15, 0.2) is 0 Å². The van der Waals surface area contributed by atoms with Crippen LogP contribution in [-0.2, 0) is 14.8 Å². The van der Waals surface area contributed by atoms with Crippen molar-refractivity contribution in [2.45, 2.75) is 12.8 Å². The van der Waals surface area contributed by atoms with Crippen LogP contribution in [0.25, 0.3) is 0 Å². The van der Waals surface area contributed by atoms with Crippen molar-refractivity contribution >= 4 is 27.7 Å². The number of carbonyl (C=O) groups is 1. The zero-order valence-corrected chi connectivity index (χ0v) is 11.9. The molecule has 0 aromatic rings. The van der Waals surface area contributed by atoms with E-state index in [9.17, 15) is 13.2 Å². The predicted molar refractivity (Wildman–Crippen MR) is 70.5 cm³/mol. The van der Waals surface area contributed by atoms with Crippen LogP contribution in [0.15, 0.2) is 0 Å². The fourth-order valence-electron chi connectivity index (χ4n) is 1.85. The number of rotatable bonds is 5. The summed E-state index contributed by atoms with van der Waals surface area (Å²) >= 11 is 1.57. The Morgan fingerprint density at radius 3 is 2.82 bits per heavy atom. The number of hydrogen-bond donors (Lipinski definition) is 1. The molecule has 0 radical (unpaired) electrons. The van der Waals surface area contributed by atoms with Crippen molar-refractivity contribution < 1.29 is 13.2 Å². The second kappa shape index (κ2) is 6.61. The molecule has 1 rings (SSSR count). The predicted octanol–water partition coefficient (Wildman–Crippen LogP) is 0.137. The lowest BCUT2D eigenvalue weighted by atomic mass is 10.0. The molecular formula is C10H20N2O3S2. The Bertz CT molecular complexity index is 357. The molecule has 0 aromatic heterocycles. The molecule has 1 saturated heterocycles. The van der Waals surface area contributed by atoms with Crippen LogP contribution in [-0.4, -0.2) is 56.5 Å². The lowest BCUT2D eigenvalue weighted by molar-refractivity contribution is -0.118. The van der Waals surface area contributed by atoms with Crippen molar-refractivity contribution in [3.63, 3.8) is 0 Å². The first-order valence-corrected chi connectivity index (χ1v) is 8.67. The third-order valence-corrected chi connectivity index (χ3v) is 5.26. The molecule has 1 fully saturated rings. The third-order valence-electron chi connectivity index (χ3n) is 2.82. The van der Waals surface area contributed by atoms with Crippen LogP contribution in [0, 0.1) is 5.92 Å². The molecule has 1 atom stereocenters. The molecule has 1 N–H and O–H groups in total. The van der Waals surface area contributed by atoms with Crippen LogP contribution >= 0.6 is 11.8 Å². The molecule has 0 bridgehead atoms. The van der Waals surface area contributed by atoms with Crippen molar-refractivity contribution in [1.29, 1.82) is 0 Å². The normalized spacial score (nSPS) is 22.4. The number of sulfonamides is 1. The Morgan fingerprint density at radius 1 is 1.53 bits per heavy atom. The van der Waals surface area contributed by atoms with E-state index in [1.54, 1.807) is 23.1 Å². The summed E-state index contributed by atoms with van der Waals surface area (Å²) in [5, 5.41) is 2.57. The van der Waals surface area contributed by atoms with E-state index in [4.69, 9.17) is 0 Å². The van der Waals surface area contributed by atoms with Gasteiger partial charge in [0.05, 0.1) is 12.0 Å². The Hall–Kier alpha value is -0.270. The highest BCUT2D eigenvalue weighted by Crippen LogP contribution is 2.22. The minimum atomic E-state index is -3.06. The van der Waals surface area contributed by atoms with E-state index in [1.807, 2.05) is 0 Å². The van der Waals surface area contributed by atoms with Crippen molar-refractivity contribution in [1.82, 2.24) is 9.62 Å². The molecule has 1 aliphatic rings. The van der Waals surface area contributed by atoms with Gasteiger partial charge in [0.25, 0.3) is 0 Å². The van der Waals surface area contributed by atoms with E-state index in [1.165, 1.54) is 6.26 Å². The summed E-state index contributed by atoms with van der Waals surface area (Å²) < 4.78 is 24.4. The fourth-order valence-corrected chi connectivity index (χ4v) is 3.85. The molecule has 5 nitrogen and oxygen atoms in total. The quantitative estimate of drug-likeness (QED) is 0.778. The molecule has 1 heterocycles. The molecule has 0 aliphatic carbocycles. The molecule has 0 saturated carbocycles.